The van der Waals surface area contributed by atoms with Crippen LogP contribution in [0.4, 0.5) is 20.2 Å². The molecule has 2 aliphatic rings. The fourth-order valence-corrected chi connectivity index (χ4v) is 5.55. The fraction of sp³-hybridized carbons (Fsp3) is 0.536. The number of halogens is 2. The summed E-state index contributed by atoms with van der Waals surface area (Å²) in [4.78, 5) is 15.2. The lowest BCUT2D eigenvalue weighted by Gasteiger charge is -2.38. The van der Waals surface area contributed by atoms with Crippen molar-refractivity contribution in [3.8, 4) is 11.5 Å². The molecule has 4 rings (SSSR count). The molecule has 0 saturated carbocycles. The minimum atomic E-state index is -0.927. The minimum Gasteiger partial charge on any atom is -0.494 e. The van der Waals surface area contributed by atoms with Crippen molar-refractivity contribution in [3.63, 3.8) is 0 Å². The number of carboxylic acid groups (broad SMARTS) is 1. The number of ether oxygens (including phenoxy) is 3. The zero-order chi connectivity index (χ0) is 26.7. The van der Waals surface area contributed by atoms with Crippen LogP contribution in [0.5, 0.6) is 11.5 Å². The van der Waals surface area contributed by atoms with Gasteiger partial charge in [-0.15, -0.1) is 0 Å². The lowest BCUT2D eigenvalue weighted by atomic mass is 9.95. The van der Waals surface area contributed by atoms with E-state index in [1.807, 2.05) is 25.7 Å². The Morgan fingerprint density at radius 2 is 1.78 bits per heavy atom. The van der Waals surface area contributed by atoms with Gasteiger partial charge in [0.2, 0.25) is 0 Å². The first-order valence-corrected chi connectivity index (χ1v) is 12.9. The highest BCUT2D eigenvalue weighted by molar-refractivity contribution is 5.69. The first-order valence-electron chi connectivity index (χ1n) is 12.9. The van der Waals surface area contributed by atoms with Crippen LogP contribution in [0.1, 0.15) is 33.6 Å². The van der Waals surface area contributed by atoms with Crippen molar-refractivity contribution in [1.29, 1.82) is 0 Å². The SMILES string of the molecule is CCOc1ccc(F)c(N2CCC(Oc3ccc(N4C[C@H](OC)[C@@H](C)[C@@H]4CC(=O)O)c(F)c3)C(C)C2)c1. The minimum absolute atomic E-state index is 0.0541. The molecule has 2 fully saturated rings. The zero-order valence-corrected chi connectivity index (χ0v) is 21.8. The van der Waals surface area contributed by atoms with E-state index in [1.165, 1.54) is 12.1 Å². The van der Waals surface area contributed by atoms with Gasteiger partial charge in [0.25, 0.3) is 0 Å². The summed E-state index contributed by atoms with van der Waals surface area (Å²) in [7, 11) is 1.59. The standard InChI is InChI=1S/C28H36F2N2O5/c1-5-36-19-6-8-21(29)25(13-19)31-11-10-26(17(2)15-31)37-20-7-9-23(22(30)12-20)32-16-27(35-4)18(3)24(32)14-28(33)34/h6-9,12-13,17-18,24,26-27H,5,10-11,14-16H2,1-4H3,(H,33,34)/t17?,18-,24-,26?,27-/m0/s1. The maximum Gasteiger partial charge on any atom is 0.305 e. The highest BCUT2D eigenvalue weighted by atomic mass is 19.1. The van der Waals surface area contributed by atoms with Gasteiger partial charge < -0.3 is 29.1 Å². The lowest BCUT2D eigenvalue weighted by Crippen LogP contribution is -2.44. The number of anilines is 2. The molecule has 0 amide bonds. The van der Waals surface area contributed by atoms with E-state index in [9.17, 15) is 14.3 Å². The Balaban J connectivity index is 1.43. The molecule has 2 aliphatic heterocycles. The Morgan fingerprint density at radius 1 is 1.03 bits per heavy atom. The summed E-state index contributed by atoms with van der Waals surface area (Å²) in [6, 6.07) is 9.16. The van der Waals surface area contributed by atoms with Gasteiger partial charge >= 0.3 is 5.97 Å². The smallest absolute Gasteiger partial charge is 0.305 e. The number of piperidine rings is 1. The normalized spacial score (nSPS) is 25.8. The predicted octanol–water partition coefficient (Wildman–Crippen LogP) is 4.97. The molecule has 202 valence electrons. The van der Waals surface area contributed by atoms with Gasteiger partial charge in [0.15, 0.2) is 0 Å². The molecule has 2 unspecified atom stereocenters. The van der Waals surface area contributed by atoms with Crippen LogP contribution in [0.15, 0.2) is 36.4 Å². The number of methoxy groups -OCH3 is 1. The maximum atomic E-state index is 15.3. The average Bonchev–Trinajstić information content (AvgIpc) is 3.16. The van der Waals surface area contributed by atoms with Crippen LogP contribution in [0.3, 0.4) is 0 Å². The van der Waals surface area contributed by atoms with Gasteiger partial charge in [0, 0.05) is 63.2 Å². The Hall–Kier alpha value is -3.07. The van der Waals surface area contributed by atoms with Crippen LogP contribution in [-0.4, -0.2) is 62.7 Å². The second-order valence-electron chi connectivity index (χ2n) is 9.98. The van der Waals surface area contributed by atoms with E-state index in [2.05, 4.69) is 0 Å². The highest BCUT2D eigenvalue weighted by Gasteiger charge is 2.41. The summed E-state index contributed by atoms with van der Waals surface area (Å²) in [6.45, 7) is 7.99. The Kier molecular flexibility index (Phi) is 8.42. The molecule has 2 saturated heterocycles. The monoisotopic (exact) mass is 518 g/mol. The molecule has 0 bridgehead atoms. The van der Waals surface area contributed by atoms with Crippen molar-refractivity contribution in [2.45, 2.75) is 51.9 Å². The first-order chi connectivity index (χ1) is 17.7. The molecule has 2 aromatic rings. The molecule has 7 nitrogen and oxygen atoms in total. The molecule has 0 aliphatic carbocycles. The Morgan fingerprint density at radius 3 is 2.43 bits per heavy atom. The van der Waals surface area contributed by atoms with Gasteiger partial charge in [-0.05, 0) is 31.2 Å². The molecule has 9 heteroatoms. The van der Waals surface area contributed by atoms with E-state index in [0.717, 1.165) is 0 Å². The van der Waals surface area contributed by atoms with Crippen LogP contribution >= 0.6 is 0 Å². The van der Waals surface area contributed by atoms with E-state index in [4.69, 9.17) is 14.2 Å². The van der Waals surface area contributed by atoms with Crippen molar-refractivity contribution in [2.75, 3.05) is 43.2 Å². The fourth-order valence-electron chi connectivity index (χ4n) is 5.55. The molecule has 1 N–H and O–H groups in total. The summed E-state index contributed by atoms with van der Waals surface area (Å²) in [6.07, 6.45) is 0.236. The second kappa shape index (κ2) is 11.5. The average molecular weight is 519 g/mol. The van der Waals surface area contributed by atoms with Crippen LogP contribution < -0.4 is 19.3 Å². The van der Waals surface area contributed by atoms with Crippen molar-refractivity contribution in [2.24, 2.45) is 11.8 Å². The number of nitrogens with zero attached hydrogens (tertiary/aromatic N) is 2. The quantitative estimate of drug-likeness (QED) is 0.503. The van der Waals surface area contributed by atoms with Crippen LogP contribution in [0.25, 0.3) is 0 Å². The van der Waals surface area contributed by atoms with Gasteiger partial charge in [-0.3, -0.25) is 4.79 Å². The predicted molar refractivity (Wildman–Crippen MR) is 138 cm³/mol. The second-order valence-corrected chi connectivity index (χ2v) is 9.98. The Bertz CT molecular complexity index is 1100. The van der Waals surface area contributed by atoms with E-state index in [1.54, 1.807) is 36.3 Å². The number of hydrogen-bond acceptors (Lipinski definition) is 6. The van der Waals surface area contributed by atoms with Gasteiger partial charge in [-0.2, -0.15) is 0 Å². The molecule has 0 spiro atoms. The number of rotatable bonds is 9. The molecule has 0 radical (unpaired) electrons. The molecule has 2 heterocycles. The summed E-state index contributed by atoms with van der Waals surface area (Å²) in [5, 5.41) is 9.37. The number of carboxylic acids is 1. The molecule has 2 aromatic carbocycles. The van der Waals surface area contributed by atoms with E-state index < -0.39 is 11.8 Å². The van der Waals surface area contributed by atoms with Crippen molar-refractivity contribution in [3.05, 3.63) is 48.0 Å². The highest BCUT2D eigenvalue weighted by Crippen LogP contribution is 2.37. The van der Waals surface area contributed by atoms with E-state index in [0.29, 0.717) is 55.5 Å². The van der Waals surface area contributed by atoms with E-state index >= 15 is 4.39 Å². The van der Waals surface area contributed by atoms with Gasteiger partial charge in [-0.25, -0.2) is 8.78 Å². The van der Waals surface area contributed by atoms with Gasteiger partial charge in [0.05, 0.1) is 30.5 Å². The van der Waals surface area contributed by atoms with Crippen LogP contribution in [0, 0.1) is 23.5 Å². The van der Waals surface area contributed by atoms with Gasteiger partial charge in [0.1, 0.15) is 29.2 Å². The van der Waals surface area contributed by atoms with E-state index in [-0.39, 0.29) is 42.3 Å². The summed E-state index contributed by atoms with van der Waals surface area (Å²) in [5.74, 6) is -0.604. The summed E-state index contributed by atoms with van der Waals surface area (Å²) >= 11 is 0. The molecule has 0 aromatic heterocycles. The summed E-state index contributed by atoms with van der Waals surface area (Å²) < 4.78 is 47.0. The number of carbonyl (C=O) groups is 1. The number of hydrogen-bond donors (Lipinski definition) is 1. The largest absolute Gasteiger partial charge is 0.494 e. The van der Waals surface area contributed by atoms with Crippen molar-refractivity contribution in [1.82, 2.24) is 0 Å². The third kappa shape index (κ3) is 5.92. The van der Waals surface area contributed by atoms with Crippen molar-refractivity contribution < 1.29 is 32.9 Å². The number of aliphatic carboxylic acids is 1. The lowest BCUT2D eigenvalue weighted by molar-refractivity contribution is -0.137. The molecule has 5 atom stereocenters. The first kappa shape index (κ1) is 27.0. The molecule has 37 heavy (non-hydrogen) atoms. The van der Waals surface area contributed by atoms with Crippen LogP contribution in [0.2, 0.25) is 0 Å². The Labute approximate surface area is 216 Å². The maximum absolute atomic E-state index is 15.3. The zero-order valence-electron chi connectivity index (χ0n) is 21.8. The van der Waals surface area contributed by atoms with Crippen molar-refractivity contribution >= 4 is 17.3 Å². The third-order valence-electron chi connectivity index (χ3n) is 7.57. The molecular formula is C28H36F2N2O5. The van der Waals surface area contributed by atoms with Crippen LogP contribution in [-0.2, 0) is 9.53 Å². The van der Waals surface area contributed by atoms with Gasteiger partial charge in [-0.1, -0.05) is 13.8 Å². The number of benzene rings is 2. The summed E-state index contributed by atoms with van der Waals surface area (Å²) in [5.41, 5.74) is 0.856. The molecular weight excluding hydrogens is 482 g/mol. The topological polar surface area (TPSA) is 71.5 Å². The third-order valence-corrected chi connectivity index (χ3v) is 7.57.